The first-order valence-electron chi connectivity index (χ1n) is 20.2. The van der Waals surface area contributed by atoms with Gasteiger partial charge in [0.1, 0.15) is 29.4 Å². The first-order valence-corrected chi connectivity index (χ1v) is 20.2. The Morgan fingerprint density at radius 1 is 0.883 bits per heavy atom. The molecule has 4 amide bonds. The number of phenolic OH excluding ortho intramolecular Hbond substituents is 1. The number of carbonyl (C=O) groups is 5. The first-order chi connectivity index (χ1) is 29.0. The Morgan fingerprint density at radius 2 is 1.57 bits per heavy atom. The van der Waals surface area contributed by atoms with Crippen LogP contribution in [-0.4, -0.2) is 59.0 Å². The molecule has 306 valence electrons. The van der Waals surface area contributed by atoms with Gasteiger partial charge >= 0.3 is 18.0 Å². The molecule has 4 aliphatic rings. The van der Waals surface area contributed by atoms with Crippen molar-refractivity contribution in [2.24, 2.45) is 17.6 Å². The SMILES string of the molecule is COC(=O)[C@@H](NC(=O)N1C(=O)[C@@]2(c3cc(C#CC4=CCCCC4)ccc31)[C@H](c1ccc(O)cc1)N1[C@H](c3ccccc3)[C@H](c3ccccc3)OC(=O)[C@H]1[C@@H]2C(N)=O)C(C)C. The largest absolute Gasteiger partial charge is 0.508 e. The number of anilines is 1. The molecule has 0 aromatic heterocycles. The number of imide groups is 1. The molecule has 0 bridgehead atoms. The van der Waals surface area contributed by atoms with E-state index in [1.807, 2.05) is 65.6 Å². The van der Waals surface area contributed by atoms with Crippen LogP contribution in [0.5, 0.6) is 5.75 Å². The topological polar surface area (TPSA) is 169 Å². The van der Waals surface area contributed by atoms with Crippen LogP contribution < -0.4 is 16.0 Å². The van der Waals surface area contributed by atoms with Crippen LogP contribution in [0.15, 0.2) is 115 Å². The number of carbonyl (C=O) groups excluding carboxylic acids is 5. The number of urea groups is 1. The fourth-order valence-corrected chi connectivity index (χ4v) is 9.60. The maximum atomic E-state index is 16.0. The van der Waals surface area contributed by atoms with Crippen LogP contribution in [0.3, 0.4) is 0 Å². The number of hydrogen-bond donors (Lipinski definition) is 3. The lowest BCUT2D eigenvalue weighted by Gasteiger charge is -2.46. The van der Waals surface area contributed by atoms with Crippen LogP contribution in [-0.2, 0) is 34.1 Å². The second-order valence-corrected chi connectivity index (χ2v) is 16.1. The molecule has 4 aromatic rings. The number of hydrogen-bond acceptors (Lipinski definition) is 9. The summed E-state index contributed by atoms with van der Waals surface area (Å²) in [5.41, 5.74) is 8.13. The molecule has 12 nitrogen and oxygen atoms in total. The smallest absolute Gasteiger partial charge is 0.329 e. The second kappa shape index (κ2) is 16.2. The fourth-order valence-electron chi connectivity index (χ4n) is 9.60. The number of rotatable bonds is 7. The third-order valence-electron chi connectivity index (χ3n) is 12.2. The minimum Gasteiger partial charge on any atom is -0.508 e. The summed E-state index contributed by atoms with van der Waals surface area (Å²) in [5, 5.41) is 13.3. The number of amides is 4. The predicted molar refractivity (Wildman–Crippen MR) is 222 cm³/mol. The van der Waals surface area contributed by atoms with E-state index in [4.69, 9.17) is 15.2 Å². The molecular weight excluding hydrogens is 761 g/mol. The van der Waals surface area contributed by atoms with Gasteiger partial charge in [0.05, 0.1) is 30.8 Å². The number of ether oxygens (including phenoxy) is 2. The highest BCUT2D eigenvalue weighted by Crippen LogP contribution is 2.65. The van der Waals surface area contributed by atoms with Crippen LogP contribution in [0.1, 0.15) is 85.5 Å². The summed E-state index contributed by atoms with van der Waals surface area (Å²) in [4.78, 5) is 75.7. The van der Waals surface area contributed by atoms with Gasteiger partial charge in [-0.05, 0) is 89.8 Å². The molecule has 7 atom stereocenters. The lowest BCUT2D eigenvalue weighted by atomic mass is 9.65. The van der Waals surface area contributed by atoms with Gasteiger partial charge in [-0.3, -0.25) is 19.3 Å². The lowest BCUT2D eigenvalue weighted by molar-refractivity contribution is -0.178. The van der Waals surface area contributed by atoms with Crippen LogP contribution in [0.2, 0.25) is 0 Å². The maximum absolute atomic E-state index is 16.0. The molecule has 12 heteroatoms. The second-order valence-electron chi connectivity index (χ2n) is 16.1. The van der Waals surface area contributed by atoms with Gasteiger partial charge in [-0.1, -0.05) is 105 Å². The molecule has 2 fully saturated rings. The summed E-state index contributed by atoms with van der Waals surface area (Å²) < 4.78 is 11.4. The average Bonchev–Trinajstić information content (AvgIpc) is 3.72. The summed E-state index contributed by atoms with van der Waals surface area (Å²) in [6.07, 6.45) is 5.06. The van der Waals surface area contributed by atoms with Gasteiger partial charge in [0.2, 0.25) is 11.8 Å². The number of allylic oxidation sites excluding steroid dienone is 2. The van der Waals surface area contributed by atoms with Gasteiger partial charge in [0.15, 0.2) is 0 Å². The van der Waals surface area contributed by atoms with E-state index in [1.165, 1.54) is 19.2 Å². The highest BCUT2D eigenvalue weighted by Gasteiger charge is 2.75. The third kappa shape index (κ3) is 6.69. The Morgan fingerprint density at radius 3 is 2.18 bits per heavy atom. The van der Waals surface area contributed by atoms with E-state index in [1.54, 1.807) is 44.2 Å². The van der Waals surface area contributed by atoms with Crippen molar-refractivity contribution in [3.63, 3.8) is 0 Å². The highest BCUT2D eigenvalue weighted by molar-refractivity contribution is 6.25. The molecule has 0 unspecified atom stereocenters. The molecule has 1 aliphatic carbocycles. The summed E-state index contributed by atoms with van der Waals surface area (Å²) >= 11 is 0. The molecule has 4 N–H and O–H groups in total. The van der Waals surface area contributed by atoms with Crippen molar-refractivity contribution in [3.05, 3.63) is 143 Å². The zero-order valence-electron chi connectivity index (χ0n) is 33.5. The highest BCUT2D eigenvalue weighted by atomic mass is 16.6. The number of methoxy groups -OCH3 is 1. The number of fused-ring (bicyclic) bond motifs is 3. The van der Waals surface area contributed by atoms with E-state index < -0.39 is 77.3 Å². The number of phenols is 1. The van der Waals surface area contributed by atoms with Gasteiger partial charge in [-0.2, -0.15) is 0 Å². The Kier molecular flexibility index (Phi) is 10.8. The Labute approximate surface area is 348 Å². The molecule has 2 saturated heterocycles. The number of morpholine rings is 1. The maximum Gasteiger partial charge on any atom is 0.329 e. The molecule has 8 rings (SSSR count). The number of primary amides is 1. The van der Waals surface area contributed by atoms with Gasteiger partial charge in [-0.25, -0.2) is 14.5 Å². The van der Waals surface area contributed by atoms with Crippen LogP contribution in [0.25, 0.3) is 0 Å². The van der Waals surface area contributed by atoms with E-state index in [0.717, 1.165) is 41.7 Å². The normalized spacial score (nSPS) is 25.0. The van der Waals surface area contributed by atoms with Gasteiger partial charge < -0.3 is 25.6 Å². The van der Waals surface area contributed by atoms with Crippen molar-refractivity contribution in [3.8, 4) is 17.6 Å². The van der Waals surface area contributed by atoms with Crippen LogP contribution in [0, 0.1) is 23.7 Å². The Balaban J connectivity index is 1.42. The number of nitrogens with one attached hydrogen (secondary N) is 1. The third-order valence-corrected chi connectivity index (χ3v) is 12.2. The monoisotopic (exact) mass is 806 g/mol. The molecule has 3 heterocycles. The van der Waals surface area contributed by atoms with Crippen LogP contribution in [0.4, 0.5) is 10.5 Å². The number of nitrogens with zero attached hydrogens (tertiary/aromatic N) is 2. The van der Waals surface area contributed by atoms with Gasteiger partial charge in [-0.15, -0.1) is 0 Å². The first kappa shape index (κ1) is 40.1. The molecule has 0 radical (unpaired) electrons. The van der Waals surface area contributed by atoms with Crippen LogP contribution >= 0.6 is 0 Å². The summed E-state index contributed by atoms with van der Waals surface area (Å²) in [5.74, 6) is 1.17. The zero-order valence-corrected chi connectivity index (χ0v) is 33.5. The number of nitrogens with two attached hydrogens (primary N) is 1. The van der Waals surface area contributed by atoms with E-state index >= 15 is 4.79 Å². The van der Waals surface area contributed by atoms with E-state index in [9.17, 15) is 24.3 Å². The summed E-state index contributed by atoms with van der Waals surface area (Å²) in [6.45, 7) is 3.46. The quantitative estimate of drug-likeness (QED) is 0.143. The number of benzene rings is 4. The molecule has 0 saturated carbocycles. The van der Waals surface area contributed by atoms with Crippen molar-refractivity contribution in [1.29, 1.82) is 0 Å². The predicted octanol–water partition coefficient (Wildman–Crippen LogP) is 6.30. The number of cyclic esters (lactones) is 1. The van der Waals surface area contributed by atoms with E-state index in [0.29, 0.717) is 16.7 Å². The molecule has 60 heavy (non-hydrogen) atoms. The standard InChI is InChI=1S/C48H46N4O8/c1-28(2)38(44(55)59-3)50-47(58)51-36-26-21-30(20-19-29-13-7-4-8-14-29)27-35(36)48(46(51)57)37(43(49)54)40-45(56)60-41(32-17-11-6-12-18-32)39(31-15-9-5-10-16-31)52(40)42(48)33-22-24-34(53)25-23-33/h5-6,9-13,15-18,21-28,37-42,53H,4,7-8,14H2,1-3H3,(H2,49,54)(H,50,58)/t37-,38+,39-,40-,41+,42+,48-/m1/s1. The van der Waals surface area contributed by atoms with Gasteiger partial charge in [0.25, 0.3) is 0 Å². The summed E-state index contributed by atoms with van der Waals surface area (Å²) in [6, 6.07) is 24.4. The van der Waals surface area contributed by atoms with E-state index in [2.05, 4.69) is 23.2 Å². The lowest BCUT2D eigenvalue weighted by Crippen LogP contribution is -2.57. The molecule has 3 aliphatic heterocycles. The Bertz CT molecular complexity index is 2440. The van der Waals surface area contributed by atoms with Crippen molar-refractivity contribution < 1.29 is 38.6 Å². The Hall–Kier alpha value is -6.71. The molecule has 1 spiro atoms. The van der Waals surface area contributed by atoms with Crippen molar-refractivity contribution in [2.75, 3.05) is 12.0 Å². The average molecular weight is 807 g/mol. The van der Waals surface area contributed by atoms with Crippen molar-refractivity contribution in [2.45, 2.75) is 75.2 Å². The van der Waals surface area contributed by atoms with Crippen molar-refractivity contribution in [1.82, 2.24) is 10.2 Å². The van der Waals surface area contributed by atoms with Crippen molar-refractivity contribution >= 4 is 35.5 Å². The molecule has 4 aromatic carbocycles. The fraction of sp³-hybridized carbons (Fsp3) is 0.312. The number of aromatic hydroxyl groups is 1. The molecular formula is C48H46N4O8. The minimum absolute atomic E-state index is 0.0510. The zero-order chi connectivity index (χ0) is 42.3. The summed E-state index contributed by atoms with van der Waals surface area (Å²) in [7, 11) is 1.21. The minimum atomic E-state index is -2.06. The number of esters is 2. The van der Waals surface area contributed by atoms with Gasteiger partial charge in [0, 0.05) is 5.56 Å². The van der Waals surface area contributed by atoms with E-state index in [-0.39, 0.29) is 17.0 Å².